The van der Waals surface area contributed by atoms with Gasteiger partial charge in [-0.15, -0.1) is 0 Å². The number of hydrogen-bond acceptors (Lipinski definition) is 3. The maximum Gasteiger partial charge on any atom is 0.122 e. The van der Waals surface area contributed by atoms with Gasteiger partial charge in [0.25, 0.3) is 0 Å². The first-order valence-electron chi connectivity index (χ1n) is 6.32. The van der Waals surface area contributed by atoms with Crippen molar-refractivity contribution in [3.63, 3.8) is 0 Å². The van der Waals surface area contributed by atoms with Crippen LogP contribution in [-0.4, -0.2) is 26.4 Å². The summed E-state index contributed by atoms with van der Waals surface area (Å²) >= 11 is 0. The Morgan fingerprint density at radius 1 is 1.39 bits per heavy atom. The van der Waals surface area contributed by atoms with Gasteiger partial charge in [0, 0.05) is 12.5 Å². The van der Waals surface area contributed by atoms with Gasteiger partial charge in [-0.2, -0.15) is 0 Å². The summed E-state index contributed by atoms with van der Waals surface area (Å²) in [6.07, 6.45) is 2.05. The van der Waals surface area contributed by atoms with E-state index in [2.05, 4.69) is 6.92 Å². The molecule has 0 spiro atoms. The molecule has 2 N–H and O–H groups in total. The molecule has 0 saturated carbocycles. The van der Waals surface area contributed by atoms with Crippen LogP contribution in [0.5, 0.6) is 11.5 Å². The van der Waals surface area contributed by atoms with Crippen LogP contribution >= 0.6 is 0 Å². The van der Waals surface area contributed by atoms with E-state index in [0.29, 0.717) is 13.0 Å². The molecule has 1 rings (SSSR count). The minimum atomic E-state index is -0.361. The molecule has 0 fully saturated rings. The minimum Gasteiger partial charge on any atom is -0.497 e. The zero-order valence-corrected chi connectivity index (χ0v) is 11.1. The van der Waals surface area contributed by atoms with Gasteiger partial charge in [-0.25, -0.2) is 0 Å². The van der Waals surface area contributed by atoms with E-state index >= 15 is 0 Å². The first-order valence-corrected chi connectivity index (χ1v) is 6.32. The van der Waals surface area contributed by atoms with E-state index < -0.39 is 0 Å². The van der Waals surface area contributed by atoms with Crippen molar-refractivity contribution < 1.29 is 13.9 Å². The lowest BCUT2D eigenvalue weighted by molar-refractivity contribution is 0.286. The Kier molecular flexibility index (Phi) is 6.50. The van der Waals surface area contributed by atoms with Crippen molar-refractivity contribution in [3.8, 4) is 11.5 Å². The van der Waals surface area contributed by atoms with Crippen LogP contribution in [0.1, 0.15) is 25.3 Å². The number of rotatable bonds is 8. The first kappa shape index (κ1) is 14.8. The molecule has 0 bridgehead atoms. The van der Waals surface area contributed by atoms with Gasteiger partial charge in [0.05, 0.1) is 20.4 Å². The molecule has 4 heteroatoms. The summed E-state index contributed by atoms with van der Waals surface area (Å²) in [5.41, 5.74) is 6.98. The molecule has 0 heterocycles. The van der Waals surface area contributed by atoms with Gasteiger partial charge in [-0.05, 0) is 36.6 Å². The second-order valence-electron chi connectivity index (χ2n) is 4.24. The van der Waals surface area contributed by atoms with Crippen molar-refractivity contribution >= 4 is 0 Å². The summed E-state index contributed by atoms with van der Waals surface area (Å²) in [7, 11) is 1.63. The number of ether oxygens (including phenoxy) is 2. The molecule has 0 aliphatic rings. The van der Waals surface area contributed by atoms with Crippen molar-refractivity contribution in [1.29, 1.82) is 0 Å². The highest BCUT2D eigenvalue weighted by molar-refractivity contribution is 5.40. The topological polar surface area (TPSA) is 44.5 Å². The molecule has 0 aliphatic heterocycles. The van der Waals surface area contributed by atoms with Crippen LogP contribution in [0.4, 0.5) is 4.39 Å². The molecule has 18 heavy (non-hydrogen) atoms. The van der Waals surface area contributed by atoms with E-state index in [4.69, 9.17) is 15.2 Å². The summed E-state index contributed by atoms with van der Waals surface area (Å²) < 4.78 is 22.8. The second-order valence-corrected chi connectivity index (χ2v) is 4.24. The third-order valence-corrected chi connectivity index (χ3v) is 2.81. The fourth-order valence-corrected chi connectivity index (χ4v) is 1.65. The Balaban J connectivity index is 2.79. The number of benzene rings is 1. The van der Waals surface area contributed by atoms with Gasteiger partial charge in [-0.3, -0.25) is 4.39 Å². The number of nitrogens with two attached hydrogens (primary N) is 1. The summed E-state index contributed by atoms with van der Waals surface area (Å²) in [4.78, 5) is 0. The van der Waals surface area contributed by atoms with E-state index in [-0.39, 0.29) is 12.7 Å². The zero-order chi connectivity index (χ0) is 13.4. The standard InChI is InChI=1S/C14H22FNO2/c1-3-12(16)9-11-10-13(17-2)5-6-14(11)18-8-4-7-15/h5-6,10,12H,3-4,7-9,16H2,1-2H3. The lowest BCUT2D eigenvalue weighted by atomic mass is 10.0. The first-order chi connectivity index (χ1) is 8.71. The third kappa shape index (κ3) is 4.53. The summed E-state index contributed by atoms with van der Waals surface area (Å²) in [5, 5.41) is 0. The molecule has 1 atom stereocenters. The molecule has 1 aromatic rings. The van der Waals surface area contributed by atoms with Crippen LogP contribution in [0, 0.1) is 0 Å². The van der Waals surface area contributed by atoms with E-state index in [1.165, 1.54) is 0 Å². The van der Waals surface area contributed by atoms with Crippen molar-refractivity contribution in [3.05, 3.63) is 23.8 Å². The highest BCUT2D eigenvalue weighted by Gasteiger charge is 2.09. The predicted molar refractivity (Wildman–Crippen MR) is 71.1 cm³/mol. The van der Waals surface area contributed by atoms with Crippen molar-refractivity contribution in [2.24, 2.45) is 5.73 Å². The molecule has 1 unspecified atom stereocenters. The van der Waals surface area contributed by atoms with E-state index in [9.17, 15) is 4.39 Å². The Hall–Kier alpha value is -1.29. The van der Waals surface area contributed by atoms with Crippen LogP contribution in [0.3, 0.4) is 0 Å². The van der Waals surface area contributed by atoms with Gasteiger partial charge in [0.2, 0.25) is 0 Å². The minimum absolute atomic E-state index is 0.0978. The van der Waals surface area contributed by atoms with Crippen LogP contribution in [-0.2, 0) is 6.42 Å². The fourth-order valence-electron chi connectivity index (χ4n) is 1.65. The van der Waals surface area contributed by atoms with Crippen LogP contribution in [0.25, 0.3) is 0 Å². The second kappa shape index (κ2) is 7.93. The van der Waals surface area contributed by atoms with Gasteiger partial charge in [0.15, 0.2) is 0 Å². The van der Waals surface area contributed by atoms with Gasteiger partial charge < -0.3 is 15.2 Å². The average molecular weight is 255 g/mol. The monoisotopic (exact) mass is 255 g/mol. The average Bonchev–Trinajstić information content (AvgIpc) is 2.40. The molecule has 0 aromatic heterocycles. The number of alkyl halides is 1. The highest BCUT2D eigenvalue weighted by Crippen LogP contribution is 2.25. The maximum absolute atomic E-state index is 12.1. The molecular weight excluding hydrogens is 233 g/mol. The Morgan fingerprint density at radius 3 is 2.78 bits per heavy atom. The van der Waals surface area contributed by atoms with E-state index in [1.807, 2.05) is 18.2 Å². The SMILES string of the molecule is CCC(N)Cc1cc(OC)ccc1OCCCF. The smallest absolute Gasteiger partial charge is 0.122 e. The Morgan fingerprint density at radius 2 is 2.17 bits per heavy atom. The lowest BCUT2D eigenvalue weighted by Crippen LogP contribution is -2.21. The van der Waals surface area contributed by atoms with Gasteiger partial charge in [-0.1, -0.05) is 6.92 Å². The quantitative estimate of drug-likeness (QED) is 0.726. The van der Waals surface area contributed by atoms with E-state index in [0.717, 1.165) is 29.9 Å². The summed E-state index contributed by atoms with van der Waals surface area (Å²) in [6.45, 7) is 2.08. The van der Waals surface area contributed by atoms with Gasteiger partial charge >= 0.3 is 0 Å². The van der Waals surface area contributed by atoms with Crippen molar-refractivity contribution in [2.75, 3.05) is 20.4 Å². The van der Waals surface area contributed by atoms with Crippen LogP contribution < -0.4 is 15.2 Å². The molecule has 0 saturated heterocycles. The molecule has 3 nitrogen and oxygen atoms in total. The van der Waals surface area contributed by atoms with E-state index in [1.54, 1.807) is 7.11 Å². The summed E-state index contributed by atoms with van der Waals surface area (Å²) in [5.74, 6) is 1.55. The third-order valence-electron chi connectivity index (χ3n) is 2.81. The number of halogens is 1. The molecule has 102 valence electrons. The van der Waals surface area contributed by atoms with Crippen LogP contribution in [0.2, 0.25) is 0 Å². The Bertz CT molecular complexity index is 358. The normalized spacial score (nSPS) is 12.2. The lowest BCUT2D eigenvalue weighted by Gasteiger charge is -2.15. The number of methoxy groups -OCH3 is 1. The van der Waals surface area contributed by atoms with Crippen LogP contribution in [0.15, 0.2) is 18.2 Å². The molecule has 0 radical (unpaired) electrons. The van der Waals surface area contributed by atoms with Crippen molar-refractivity contribution in [1.82, 2.24) is 0 Å². The molecular formula is C14H22FNO2. The molecule has 1 aromatic carbocycles. The largest absolute Gasteiger partial charge is 0.497 e. The van der Waals surface area contributed by atoms with Gasteiger partial charge in [0.1, 0.15) is 11.5 Å². The fraction of sp³-hybridized carbons (Fsp3) is 0.571. The predicted octanol–water partition coefficient (Wildman–Crippen LogP) is 2.71. The molecule has 0 aliphatic carbocycles. The Labute approximate surface area is 108 Å². The molecule has 0 amide bonds. The highest BCUT2D eigenvalue weighted by atomic mass is 19.1. The zero-order valence-electron chi connectivity index (χ0n) is 11.1. The maximum atomic E-state index is 12.1. The summed E-state index contributed by atoms with van der Waals surface area (Å²) in [6, 6.07) is 5.72. The number of hydrogen-bond donors (Lipinski definition) is 1. The van der Waals surface area contributed by atoms with Crippen molar-refractivity contribution in [2.45, 2.75) is 32.2 Å².